The van der Waals surface area contributed by atoms with Gasteiger partial charge in [0.25, 0.3) is 0 Å². The lowest BCUT2D eigenvalue weighted by Gasteiger charge is -2.35. The summed E-state index contributed by atoms with van der Waals surface area (Å²) in [5.41, 5.74) is 6.44. The number of benzene rings is 4. The molecule has 0 radical (unpaired) electrons. The Kier molecular flexibility index (Phi) is 11.1. The summed E-state index contributed by atoms with van der Waals surface area (Å²) in [6.45, 7) is 1.42. The zero-order chi connectivity index (χ0) is 31.9. The first kappa shape index (κ1) is 32.8. The molecule has 3 aliphatic rings. The molecule has 1 heterocycles. The van der Waals surface area contributed by atoms with E-state index in [0.29, 0.717) is 23.5 Å². The standard InChI is InChI=1S/C19H17BrO2.C11H12O.C8H7BrO2/c20-13-8-9-18-16(10-13)17(21)11-19(22-18)15-7-3-5-12-4-1-2-6-14(12)15;12-8-10-6-3-5-9-4-1-2-7-11(9)10;1-5(10)7-4-6(9)2-3-8(7)11/h1-2,4,6,8-10,15,19H,3,5,7,11H2;1-2,4,7-8,10H,3,5-6H2;2-4,11H,1H3. The van der Waals surface area contributed by atoms with Gasteiger partial charge in [-0.2, -0.15) is 0 Å². The number of carbonyl (C=O) groups excluding carboxylic acids is 3. The van der Waals surface area contributed by atoms with Gasteiger partial charge in [0.1, 0.15) is 23.9 Å². The number of rotatable bonds is 3. The van der Waals surface area contributed by atoms with Crippen LogP contribution in [0.5, 0.6) is 11.5 Å². The summed E-state index contributed by atoms with van der Waals surface area (Å²) in [6, 6.07) is 27.3. The van der Waals surface area contributed by atoms with Crippen molar-refractivity contribution in [3.05, 3.63) is 127 Å². The summed E-state index contributed by atoms with van der Waals surface area (Å²) in [6.07, 6.45) is 8.24. The molecule has 1 aliphatic heterocycles. The van der Waals surface area contributed by atoms with Crippen molar-refractivity contribution in [1.82, 2.24) is 0 Å². The van der Waals surface area contributed by atoms with E-state index in [1.165, 1.54) is 41.7 Å². The molecule has 1 N–H and O–H groups in total. The van der Waals surface area contributed by atoms with Crippen LogP contribution in [-0.2, 0) is 17.6 Å². The molecular formula is C38H36Br2O5. The molecule has 4 aromatic rings. The summed E-state index contributed by atoms with van der Waals surface area (Å²) < 4.78 is 7.93. The van der Waals surface area contributed by atoms with Crippen molar-refractivity contribution in [1.29, 1.82) is 0 Å². The number of aryl methyl sites for hydroxylation is 2. The fourth-order valence-electron chi connectivity index (χ4n) is 6.45. The number of hydrogen-bond acceptors (Lipinski definition) is 5. The van der Waals surface area contributed by atoms with Crippen LogP contribution in [0.4, 0.5) is 0 Å². The average molecular weight is 733 g/mol. The van der Waals surface area contributed by atoms with Gasteiger partial charge < -0.3 is 14.6 Å². The van der Waals surface area contributed by atoms with Crippen molar-refractivity contribution in [2.45, 2.75) is 69.8 Å². The van der Waals surface area contributed by atoms with E-state index < -0.39 is 0 Å². The van der Waals surface area contributed by atoms with E-state index in [-0.39, 0.29) is 29.3 Å². The van der Waals surface area contributed by atoms with Crippen LogP contribution in [0.25, 0.3) is 0 Å². The van der Waals surface area contributed by atoms with Crippen LogP contribution in [0.2, 0.25) is 0 Å². The van der Waals surface area contributed by atoms with Crippen LogP contribution < -0.4 is 4.74 Å². The monoisotopic (exact) mass is 730 g/mol. The number of phenols is 1. The maximum atomic E-state index is 12.5. The number of halogens is 2. The van der Waals surface area contributed by atoms with Crippen LogP contribution in [0.3, 0.4) is 0 Å². The zero-order valence-corrected chi connectivity index (χ0v) is 28.4. The maximum Gasteiger partial charge on any atom is 0.170 e. The van der Waals surface area contributed by atoms with Crippen molar-refractivity contribution in [2.75, 3.05) is 0 Å². The summed E-state index contributed by atoms with van der Waals surface area (Å²) >= 11 is 6.62. The Hall–Kier alpha value is -3.55. The first-order valence-electron chi connectivity index (χ1n) is 15.3. The highest BCUT2D eigenvalue weighted by Crippen LogP contribution is 2.40. The predicted octanol–water partition coefficient (Wildman–Crippen LogP) is 9.57. The molecular weight excluding hydrogens is 696 g/mol. The van der Waals surface area contributed by atoms with Gasteiger partial charge in [-0.05, 0) is 104 Å². The molecule has 0 amide bonds. The maximum absolute atomic E-state index is 12.5. The van der Waals surface area contributed by atoms with Crippen LogP contribution in [0.1, 0.15) is 93.8 Å². The van der Waals surface area contributed by atoms with Gasteiger partial charge in [0.05, 0.1) is 11.1 Å². The Morgan fingerprint density at radius 1 is 0.844 bits per heavy atom. The lowest BCUT2D eigenvalue weighted by Crippen LogP contribution is -2.34. The highest BCUT2D eigenvalue weighted by molar-refractivity contribution is 9.10. The molecule has 3 unspecified atom stereocenters. The molecule has 0 saturated heterocycles. The van der Waals surface area contributed by atoms with Crippen LogP contribution >= 0.6 is 31.9 Å². The van der Waals surface area contributed by atoms with Gasteiger partial charge in [0.15, 0.2) is 11.6 Å². The molecule has 2 aliphatic carbocycles. The summed E-state index contributed by atoms with van der Waals surface area (Å²) in [5.74, 6) is 1.30. The van der Waals surface area contributed by atoms with E-state index in [2.05, 4.69) is 68.3 Å². The van der Waals surface area contributed by atoms with Gasteiger partial charge >= 0.3 is 0 Å². The number of ether oxygens (including phenoxy) is 1. The van der Waals surface area contributed by atoms with E-state index >= 15 is 0 Å². The third-order valence-electron chi connectivity index (χ3n) is 8.69. The molecule has 4 aromatic carbocycles. The Bertz CT molecular complexity index is 1700. The molecule has 7 heteroatoms. The van der Waals surface area contributed by atoms with Crippen molar-refractivity contribution in [3.8, 4) is 11.5 Å². The van der Waals surface area contributed by atoms with Crippen LogP contribution in [0, 0.1) is 0 Å². The fourth-order valence-corrected chi connectivity index (χ4v) is 7.17. The number of hydrogen-bond donors (Lipinski definition) is 1. The van der Waals surface area contributed by atoms with E-state index in [0.717, 1.165) is 53.1 Å². The van der Waals surface area contributed by atoms with E-state index in [9.17, 15) is 14.4 Å². The van der Waals surface area contributed by atoms with Gasteiger partial charge in [0.2, 0.25) is 0 Å². The molecule has 5 nitrogen and oxygen atoms in total. The summed E-state index contributed by atoms with van der Waals surface area (Å²) in [7, 11) is 0. The third kappa shape index (κ3) is 8.00. The smallest absolute Gasteiger partial charge is 0.170 e. The fraction of sp³-hybridized carbons (Fsp3) is 0.289. The number of fused-ring (bicyclic) bond motifs is 3. The number of Topliss-reactive ketones (excluding diaryl/α,β-unsaturated/α-hetero) is 2. The highest BCUT2D eigenvalue weighted by atomic mass is 79.9. The van der Waals surface area contributed by atoms with E-state index in [4.69, 9.17) is 9.84 Å². The van der Waals surface area contributed by atoms with Gasteiger partial charge in [-0.15, -0.1) is 0 Å². The number of phenolic OH excluding ortho intramolecular Hbond substituents is 1. The van der Waals surface area contributed by atoms with Crippen molar-refractivity contribution >= 4 is 49.7 Å². The Labute approximate surface area is 281 Å². The summed E-state index contributed by atoms with van der Waals surface area (Å²) in [4.78, 5) is 34.1. The average Bonchev–Trinajstić information content (AvgIpc) is 3.06. The Morgan fingerprint density at radius 2 is 1.47 bits per heavy atom. The first-order valence-corrected chi connectivity index (χ1v) is 16.9. The molecule has 7 rings (SSSR count). The predicted molar refractivity (Wildman–Crippen MR) is 184 cm³/mol. The SMILES string of the molecule is CC(=O)c1cc(Br)ccc1O.O=C1CC(C2CCCc3ccccc32)Oc2ccc(Br)cc21.O=CC1CCCc2ccccc21. The quantitative estimate of drug-likeness (QED) is 0.168. The minimum absolute atomic E-state index is 0.0284. The molecule has 0 saturated carbocycles. The Balaban J connectivity index is 0.000000147. The minimum Gasteiger partial charge on any atom is -0.507 e. The molecule has 0 bridgehead atoms. The zero-order valence-electron chi connectivity index (χ0n) is 25.2. The molecule has 0 fully saturated rings. The second-order valence-electron chi connectivity index (χ2n) is 11.7. The number of aldehydes is 1. The lowest BCUT2D eigenvalue weighted by atomic mass is 9.77. The van der Waals surface area contributed by atoms with Crippen LogP contribution in [0.15, 0.2) is 93.9 Å². The van der Waals surface area contributed by atoms with Crippen molar-refractivity contribution in [3.63, 3.8) is 0 Å². The normalized spacial score (nSPS) is 19.5. The topological polar surface area (TPSA) is 80.7 Å². The Morgan fingerprint density at radius 3 is 2.16 bits per heavy atom. The second-order valence-corrected chi connectivity index (χ2v) is 13.5. The van der Waals surface area contributed by atoms with Crippen molar-refractivity contribution in [2.24, 2.45) is 0 Å². The lowest BCUT2D eigenvalue weighted by molar-refractivity contribution is -0.109. The summed E-state index contributed by atoms with van der Waals surface area (Å²) in [5, 5.41) is 9.16. The largest absolute Gasteiger partial charge is 0.507 e. The molecule has 45 heavy (non-hydrogen) atoms. The van der Waals surface area contributed by atoms with Gasteiger partial charge in [-0.25, -0.2) is 0 Å². The molecule has 3 atom stereocenters. The van der Waals surface area contributed by atoms with Crippen LogP contribution in [-0.4, -0.2) is 29.1 Å². The number of aromatic hydroxyl groups is 1. The van der Waals surface area contributed by atoms with E-state index in [1.54, 1.807) is 12.1 Å². The third-order valence-corrected chi connectivity index (χ3v) is 9.68. The number of carbonyl (C=O) groups is 3. The first-order chi connectivity index (χ1) is 21.7. The second kappa shape index (κ2) is 15.2. The highest BCUT2D eigenvalue weighted by Gasteiger charge is 2.35. The molecule has 0 aromatic heterocycles. The van der Waals surface area contributed by atoms with Gasteiger partial charge in [-0.1, -0.05) is 80.4 Å². The van der Waals surface area contributed by atoms with E-state index in [1.807, 2.05) is 30.3 Å². The molecule has 232 valence electrons. The minimum atomic E-state index is -0.135. The van der Waals surface area contributed by atoms with Gasteiger partial charge in [0, 0.05) is 27.2 Å². The van der Waals surface area contributed by atoms with Crippen molar-refractivity contribution < 1.29 is 24.2 Å². The number of ketones is 2. The molecule has 0 spiro atoms. The van der Waals surface area contributed by atoms with Gasteiger partial charge in [-0.3, -0.25) is 9.59 Å².